The van der Waals surface area contributed by atoms with Crippen LogP contribution in [-0.2, 0) is 9.59 Å². The molecule has 0 spiro atoms. The van der Waals surface area contributed by atoms with Crippen LogP contribution in [0.4, 0.5) is 4.79 Å². The van der Waals surface area contributed by atoms with E-state index in [-0.39, 0.29) is 23.6 Å². The molecule has 1 rings (SSSR count). The van der Waals surface area contributed by atoms with Crippen LogP contribution in [0.5, 0.6) is 0 Å². The summed E-state index contributed by atoms with van der Waals surface area (Å²) in [6.07, 6.45) is 0. The van der Waals surface area contributed by atoms with Gasteiger partial charge < -0.3 is 10.4 Å². The third kappa shape index (κ3) is 3.43. The van der Waals surface area contributed by atoms with E-state index in [0.717, 1.165) is 11.8 Å². The minimum absolute atomic E-state index is 0.0373. The number of thioether (sulfide) groups is 1. The van der Waals surface area contributed by atoms with E-state index in [1.807, 2.05) is 0 Å². The normalized spacial score (nSPS) is 25.7. The molecule has 3 N–H and O–H groups in total. The van der Waals surface area contributed by atoms with Gasteiger partial charge in [0, 0.05) is 11.8 Å². The van der Waals surface area contributed by atoms with E-state index in [9.17, 15) is 14.4 Å². The Labute approximate surface area is 90.8 Å². The summed E-state index contributed by atoms with van der Waals surface area (Å²) in [6.45, 7) is 1.72. The second-order valence-electron chi connectivity index (χ2n) is 3.27. The quantitative estimate of drug-likeness (QED) is 0.615. The number of hydrogen-bond donors (Lipinski definition) is 3. The van der Waals surface area contributed by atoms with Crippen LogP contribution in [0.15, 0.2) is 0 Å². The maximum Gasteiger partial charge on any atom is 0.321 e. The Balaban J connectivity index is 2.42. The highest BCUT2D eigenvalue weighted by atomic mass is 32.2. The van der Waals surface area contributed by atoms with Crippen molar-refractivity contribution in [2.45, 2.75) is 13.0 Å². The van der Waals surface area contributed by atoms with Gasteiger partial charge in [0.15, 0.2) is 0 Å². The molecule has 15 heavy (non-hydrogen) atoms. The Bertz CT molecular complexity index is 294. The largest absolute Gasteiger partial charge is 0.481 e. The van der Waals surface area contributed by atoms with E-state index in [1.165, 1.54) is 0 Å². The molecule has 2 unspecified atom stereocenters. The fraction of sp³-hybridized carbons (Fsp3) is 0.625. The molecule has 7 heteroatoms. The van der Waals surface area contributed by atoms with Crippen molar-refractivity contribution in [2.24, 2.45) is 5.92 Å². The van der Waals surface area contributed by atoms with E-state index in [2.05, 4.69) is 10.6 Å². The highest BCUT2D eigenvalue weighted by Crippen LogP contribution is 2.15. The second-order valence-corrected chi connectivity index (χ2v) is 4.30. The molecule has 0 aliphatic carbocycles. The number of aliphatic carboxylic acids is 1. The first kappa shape index (κ1) is 11.8. The van der Waals surface area contributed by atoms with Crippen LogP contribution in [0.2, 0.25) is 0 Å². The zero-order valence-electron chi connectivity index (χ0n) is 8.15. The lowest BCUT2D eigenvalue weighted by Crippen LogP contribution is -2.57. The number of carboxylic acids is 1. The number of urea groups is 1. The van der Waals surface area contributed by atoms with Crippen molar-refractivity contribution in [3.8, 4) is 0 Å². The van der Waals surface area contributed by atoms with Crippen LogP contribution in [0.3, 0.4) is 0 Å². The fourth-order valence-corrected chi connectivity index (χ4v) is 2.25. The van der Waals surface area contributed by atoms with Gasteiger partial charge in [-0.3, -0.25) is 14.9 Å². The standard InChI is InChI=1S/C8H12N2O4S/c1-4-5(2-15-3-6(11)12)7(13)10-8(14)9-4/h4-5H,2-3H2,1H3,(H,11,12)(H2,9,10,13,14). The van der Waals surface area contributed by atoms with Crippen molar-refractivity contribution in [3.63, 3.8) is 0 Å². The van der Waals surface area contributed by atoms with E-state index < -0.39 is 12.0 Å². The van der Waals surface area contributed by atoms with Gasteiger partial charge >= 0.3 is 12.0 Å². The van der Waals surface area contributed by atoms with Gasteiger partial charge in [0.1, 0.15) is 0 Å². The number of carboxylic acid groups (broad SMARTS) is 1. The van der Waals surface area contributed by atoms with Crippen molar-refractivity contribution < 1.29 is 19.5 Å². The first-order chi connectivity index (χ1) is 7.00. The fourth-order valence-electron chi connectivity index (χ4n) is 1.27. The highest BCUT2D eigenvalue weighted by molar-refractivity contribution is 7.99. The van der Waals surface area contributed by atoms with Crippen LogP contribution in [0.25, 0.3) is 0 Å². The van der Waals surface area contributed by atoms with Crippen molar-refractivity contribution in [1.29, 1.82) is 0 Å². The first-order valence-electron chi connectivity index (χ1n) is 4.41. The third-order valence-electron chi connectivity index (χ3n) is 2.06. The Morgan fingerprint density at radius 1 is 1.53 bits per heavy atom. The number of imide groups is 1. The number of nitrogens with one attached hydrogen (secondary N) is 2. The SMILES string of the molecule is CC1NC(=O)NC(=O)C1CSCC(=O)O. The topological polar surface area (TPSA) is 95.5 Å². The molecule has 6 nitrogen and oxygen atoms in total. The molecule has 0 aromatic rings. The van der Waals surface area contributed by atoms with Gasteiger partial charge in [-0.05, 0) is 6.92 Å². The lowest BCUT2D eigenvalue weighted by atomic mass is 10.0. The van der Waals surface area contributed by atoms with Gasteiger partial charge in [0.25, 0.3) is 0 Å². The minimum atomic E-state index is -0.909. The van der Waals surface area contributed by atoms with E-state index >= 15 is 0 Å². The molecule has 1 heterocycles. The summed E-state index contributed by atoms with van der Waals surface area (Å²) in [6, 6.07) is -0.750. The van der Waals surface area contributed by atoms with Gasteiger partial charge in [-0.25, -0.2) is 4.79 Å². The Kier molecular flexibility index (Phi) is 3.96. The molecule has 3 amide bonds. The molecule has 84 valence electrons. The van der Waals surface area contributed by atoms with Crippen molar-refractivity contribution in [1.82, 2.24) is 10.6 Å². The van der Waals surface area contributed by atoms with Gasteiger partial charge in [-0.2, -0.15) is 0 Å². The number of hydrogen-bond acceptors (Lipinski definition) is 4. The molecule has 0 radical (unpaired) electrons. The van der Waals surface area contributed by atoms with E-state index in [4.69, 9.17) is 5.11 Å². The van der Waals surface area contributed by atoms with Crippen molar-refractivity contribution in [2.75, 3.05) is 11.5 Å². The summed E-state index contributed by atoms with van der Waals surface area (Å²) < 4.78 is 0. The maximum atomic E-state index is 11.4. The molecule has 1 fully saturated rings. The molecular formula is C8H12N2O4S. The summed E-state index contributed by atoms with van der Waals surface area (Å²) in [4.78, 5) is 32.5. The number of carbonyl (C=O) groups excluding carboxylic acids is 2. The molecular weight excluding hydrogens is 220 g/mol. The maximum absolute atomic E-state index is 11.4. The first-order valence-corrected chi connectivity index (χ1v) is 5.57. The van der Waals surface area contributed by atoms with Crippen LogP contribution >= 0.6 is 11.8 Å². The van der Waals surface area contributed by atoms with Crippen molar-refractivity contribution >= 4 is 29.7 Å². The van der Waals surface area contributed by atoms with E-state index in [1.54, 1.807) is 6.92 Å². The summed E-state index contributed by atoms with van der Waals surface area (Å²) in [5.74, 6) is -1.27. The Hall–Kier alpha value is -1.24. The summed E-state index contributed by atoms with van der Waals surface area (Å²) >= 11 is 1.16. The molecule has 0 aromatic heterocycles. The predicted octanol–water partition coefficient (Wildman–Crippen LogP) is -0.352. The number of rotatable bonds is 4. The van der Waals surface area contributed by atoms with Crippen LogP contribution in [-0.4, -0.2) is 40.6 Å². The smallest absolute Gasteiger partial charge is 0.321 e. The van der Waals surface area contributed by atoms with Crippen molar-refractivity contribution in [3.05, 3.63) is 0 Å². The Morgan fingerprint density at radius 3 is 2.73 bits per heavy atom. The lowest BCUT2D eigenvalue weighted by molar-refractivity contribution is -0.134. The average Bonchev–Trinajstić information content (AvgIpc) is 2.08. The molecule has 0 saturated carbocycles. The molecule has 1 saturated heterocycles. The molecule has 1 aliphatic rings. The zero-order chi connectivity index (χ0) is 11.4. The van der Waals surface area contributed by atoms with Gasteiger partial charge in [0.05, 0.1) is 11.7 Å². The zero-order valence-corrected chi connectivity index (χ0v) is 8.97. The molecule has 1 aliphatic heterocycles. The van der Waals surface area contributed by atoms with Gasteiger partial charge in [-0.15, -0.1) is 11.8 Å². The molecule has 0 aromatic carbocycles. The van der Waals surface area contributed by atoms with Crippen LogP contribution in [0.1, 0.15) is 6.92 Å². The second kappa shape index (κ2) is 5.01. The van der Waals surface area contributed by atoms with Gasteiger partial charge in [-0.1, -0.05) is 0 Å². The number of amides is 3. The third-order valence-corrected chi connectivity index (χ3v) is 3.10. The lowest BCUT2D eigenvalue weighted by Gasteiger charge is -2.28. The summed E-state index contributed by atoms with van der Waals surface area (Å²) in [5, 5.41) is 13.1. The average molecular weight is 232 g/mol. The van der Waals surface area contributed by atoms with Crippen LogP contribution < -0.4 is 10.6 Å². The molecule has 2 atom stereocenters. The highest BCUT2D eigenvalue weighted by Gasteiger charge is 2.32. The monoisotopic (exact) mass is 232 g/mol. The van der Waals surface area contributed by atoms with Crippen LogP contribution in [0, 0.1) is 5.92 Å². The van der Waals surface area contributed by atoms with Gasteiger partial charge in [0.2, 0.25) is 5.91 Å². The summed E-state index contributed by atoms with van der Waals surface area (Å²) in [5.41, 5.74) is 0. The summed E-state index contributed by atoms with van der Waals surface area (Å²) in [7, 11) is 0. The Morgan fingerprint density at radius 2 is 2.20 bits per heavy atom. The van der Waals surface area contributed by atoms with E-state index in [0.29, 0.717) is 5.75 Å². The minimum Gasteiger partial charge on any atom is -0.481 e. The number of carbonyl (C=O) groups is 3. The molecule has 0 bridgehead atoms. The predicted molar refractivity (Wildman–Crippen MR) is 54.6 cm³/mol.